The topological polar surface area (TPSA) is 47.2 Å². The van der Waals surface area contributed by atoms with Crippen molar-refractivity contribution < 1.29 is 9.90 Å². The molecule has 5 aromatic carbocycles. The molecule has 230 valence electrons. The molecule has 7 aromatic rings. The minimum Gasteiger partial charge on any atom is -0.507 e. The molecule has 0 spiro atoms. The van der Waals surface area contributed by atoms with Gasteiger partial charge in [0.05, 0.1) is 16.9 Å². The molecule has 1 atom stereocenters. The van der Waals surface area contributed by atoms with Gasteiger partial charge in [-0.3, -0.25) is 4.79 Å². The van der Waals surface area contributed by atoms with Gasteiger partial charge in [0.25, 0.3) is 0 Å². The summed E-state index contributed by atoms with van der Waals surface area (Å²) in [5.74, 6) is 0.184. The van der Waals surface area contributed by atoms with Gasteiger partial charge in [0.1, 0.15) is 5.75 Å². The molecule has 0 amide bonds. The predicted molar refractivity (Wildman–Crippen MR) is 197 cm³/mol. The lowest BCUT2D eigenvalue weighted by molar-refractivity contribution is 0.0969. The molecule has 1 aliphatic rings. The van der Waals surface area contributed by atoms with E-state index in [2.05, 4.69) is 133 Å². The summed E-state index contributed by atoms with van der Waals surface area (Å²) in [5, 5.41) is 12.5. The maximum absolute atomic E-state index is 13.9. The quantitative estimate of drug-likeness (QED) is 0.191. The number of rotatable bonds is 5. The van der Waals surface area contributed by atoms with Crippen LogP contribution >= 0.6 is 31.9 Å². The Bertz CT molecular complexity index is 2280. The SMILES string of the molecule is Cc1ccc(-n2c(-c3ccc(Br)cc3)cc3c2C(c2c(-c4ccccc4)n(-c4ccc(Br)cc4)c4cccc(O)c24)CCC3=O)cc1. The number of hydrogen-bond donors (Lipinski definition) is 1. The number of fused-ring (bicyclic) bond motifs is 2. The van der Waals surface area contributed by atoms with Crippen molar-refractivity contribution in [2.24, 2.45) is 0 Å². The lowest BCUT2D eigenvalue weighted by Crippen LogP contribution is -2.19. The monoisotopic (exact) mass is 740 g/mol. The molecule has 1 aliphatic carbocycles. The van der Waals surface area contributed by atoms with Gasteiger partial charge in [-0.1, -0.05) is 98.1 Å². The van der Waals surface area contributed by atoms with Crippen molar-refractivity contribution in [3.05, 3.63) is 159 Å². The van der Waals surface area contributed by atoms with Gasteiger partial charge >= 0.3 is 0 Å². The number of Topliss-reactive ketones (excluding diaryl/α,β-unsaturated/α-hetero) is 1. The Labute approximate surface area is 290 Å². The van der Waals surface area contributed by atoms with E-state index in [1.165, 1.54) is 5.56 Å². The van der Waals surface area contributed by atoms with Crippen LogP contribution in [0.4, 0.5) is 0 Å². The number of halogens is 2. The van der Waals surface area contributed by atoms with E-state index in [1.807, 2.05) is 36.4 Å². The first-order valence-corrected chi connectivity index (χ1v) is 17.3. The fraction of sp³-hybridized carbons (Fsp3) is 0.0976. The molecule has 8 rings (SSSR count). The fourth-order valence-electron chi connectivity index (χ4n) is 7.15. The minimum absolute atomic E-state index is 0.141. The van der Waals surface area contributed by atoms with Crippen molar-refractivity contribution >= 4 is 48.5 Å². The molecule has 0 bridgehead atoms. The molecule has 0 radical (unpaired) electrons. The minimum atomic E-state index is -0.184. The lowest BCUT2D eigenvalue weighted by atomic mass is 9.80. The number of aromatic hydroxyl groups is 1. The van der Waals surface area contributed by atoms with Crippen LogP contribution in [0.1, 0.15) is 45.9 Å². The smallest absolute Gasteiger partial charge is 0.164 e. The third-order valence-corrected chi connectivity index (χ3v) is 10.3. The van der Waals surface area contributed by atoms with Crippen LogP contribution in [0.5, 0.6) is 5.75 Å². The van der Waals surface area contributed by atoms with E-state index in [0.717, 1.165) is 70.6 Å². The van der Waals surface area contributed by atoms with Gasteiger partial charge in [0.2, 0.25) is 0 Å². The second kappa shape index (κ2) is 11.9. The Morgan fingerprint density at radius 1 is 0.702 bits per heavy atom. The molecule has 0 aliphatic heterocycles. The summed E-state index contributed by atoms with van der Waals surface area (Å²) in [5.41, 5.74) is 10.8. The lowest BCUT2D eigenvalue weighted by Gasteiger charge is -2.27. The van der Waals surface area contributed by atoms with E-state index in [0.29, 0.717) is 12.8 Å². The van der Waals surface area contributed by atoms with Crippen molar-refractivity contribution in [1.82, 2.24) is 9.13 Å². The first-order chi connectivity index (χ1) is 22.9. The molecule has 1 N–H and O–H groups in total. The number of carbonyl (C=O) groups is 1. The number of nitrogens with zero attached hydrogens (tertiary/aromatic N) is 2. The Morgan fingerprint density at radius 3 is 2.04 bits per heavy atom. The molecular weight excluding hydrogens is 712 g/mol. The van der Waals surface area contributed by atoms with E-state index in [-0.39, 0.29) is 17.5 Å². The second-order valence-corrected chi connectivity index (χ2v) is 14.0. The highest BCUT2D eigenvalue weighted by Gasteiger charge is 2.37. The van der Waals surface area contributed by atoms with Crippen LogP contribution in [0.3, 0.4) is 0 Å². The van der Waals surface area contributed by atoms with Gasteiger partial charge < -0.3 is 14.2 Å². The third kappa shape index (κ3) is 5.07. The van der Waals surface area contributed by atoms with Crippen LogP contribution in [0.15, 0.2) is 136 Å². The summed E-state index contributed by atoms with van der Waals surface area (Å²) in [7, 11) is 0. The summed E-state index contributed by atoms with van der Waals surface area (Å²) in [6.45, 7) is 2.09. The van der Waals surface area contributed by atoms with Crippen molar-refractivity contribution in [1.29, 1.82) is 0 Å². The highest BCUT2D eigenvalue weighted by atomic mass is 79.9. The largest absolute Gasteiger partial charge is 0.507 e. The molecule has 2 heterocycles. The first-order valence-electron chi connectivity index (χ1n) is 15.7. The van der Waals surface area contributed by atoms with Crippen LogP contribution in [0.25, 0.3) is 44.8 Å². The van der Waals surface area contributed by atoms with Gasteiger partial charge in [-0.25, -0.2) is 0 Å². The fourth-order valence-corrected chi connectivity index (χ4v) is 7.68. The van der Waals surface area contributed by atoms with Crippen molar-refractivity contribution in [2.45, 2.75) is 25.7 Å². The highest BCUT2D eigenvalue weighted by molar-refractivity contribution is 9.10. The van der Waals surface area contributed by atoms with E-state index < -0.39 is 0 Å². The van der Waals surface area contributed by atoms with E-state index >= 15 is 0 Å². The zero-order chi connectivity index (χ0) is 32.2. The zero-order valence-electron chi connectivity index (χ0n) is 25.6. The van der Waals surface area contributed by atoms with Crippen LogP contribution in [-0.4, -0.2) is 20.0 Å². The number of aromatic nitrogens is 2. The molecular formula is C41H30Br2N2O2. The normalized spacial score (nSPS) is 14.4. The predicted octanol–water partition coefficient (Wildman–Crippen LogP) is 11.4. The van der Waals surface area contributed by atoms with E-state index in [4.69, 9.17) is 0 Å². The van der Waals surface area contributed by atoms with Gasteiger partial charge in [-0.2, -0.15) is 0 Å². The molecule has 2 aromatic heterocycles. The van der Waals surface area contributed by atoms with Crippen LogP contribution in [0.2, 0.25) is 0 Å². The first kappa shape index (κ1) is 29.7. The Morgan fingerprint density at radius 2 is 1.34 bits per heavy atom. The Balaban J connectivity index is 1.50. The average Bonchev–Trinajstić information content (AvgIpc) is 3.65. The highest BCUT2D eigenvalue weighted by Crippen LogP contribution is 2.51. The molecule has 6 heteroatoms. The summed E-state index contributed by atoms with van der Waals surface area (Å²) >= 11 is 7.20. The second-order valence-electron chi connectivity index (χ2n) is 12.1. The number of phenolic OH excluding ortho intramolecular Hbond substituents is 1. The summed E-state index contributed by atoms with van der Waals surface area (Å²) in [4.78, 5) is 13.9. The van der Waals surface area contributed by atoms with Gasteiger partial charge in [0.15, 0.2) is 5.78 Å². The van der Waals surface area contributed by atoms with Crippen molar-refractivity contribution in [3.63, 3.8) is 0 Å². The number of phenols is 1. The zero-order valence-corrected chi connectivity index (χ0v) is 28.8. The molecule has 47 heavy (non-hydrogen) atoms. The number of ketones is 1. The molecule has 1 unspecified atom stereocenters. The molecule has 0 saturated heterocycles. The Hall–Kier alpha value is -4.65. The number of carbonyl (C=O) groups excluding carboxylic acids is 1. The number of benzene rings is 5. The maximum atomic E-state index is 13.9. The van der Waals surface area contributed by atoms with Gasteiger partial charge in [-0.05, 0) is 96.8 Å². The maximum Gasteiger partial charge on any atom is 0.164 e. The van der Waals surface area contributed by atoms with Gasteiger partial charge in [-0.15, -0.1) is 0 Å². The molecule has 0 fully saturated rings. The van der Waals surface area contributed by atoms with E-state index in [9.17, 15) is 9.90 Å². The average molecular weight is 743 g/mol. The van der Waals surface area contributed by atoms with Crippen molar-refractivity contribution in [3.8, 4) is 39.6 Å². The van der Waals surface area contributed by atoms with Gasteiger partial charge in [0, 0.05) is 49.3 Å². The standard InChI is InChI=1S/C41H30Br2N2O2/c1-25-10-18-30(19-11-25)45-35(26-12-14-28(42)15-13-26)24-33-36(46)23-22-32(41(33)45)38-39-34(8-5-9-37(39)47)44(31-20-16-29(43)17-21-31)40(38)27-6-3-2-4-7-27/h2-21,24,32,47H,22-23H2,1H3. The van der Waals surface area contributed by atoms with Crippen LogP contribution in [0, 0.1) is 6.92 Å². The Kier molecular flexibility index (Phi) is 7.50. The van der Waals surface area contributed by atoms with Crippen molar-refractivity contribution in [2.75, 3.05) is 0 Å². The summed E-state index contributed by atoms with van der Waals surface area (Å²) in [6, 6.07) is 43.3. The summed E-state index contributed by atoms with van der Waals surface area (Å²) in [6.07, 6.45) is 1.04. The third-order valence-electron chi connectivity index (χ3n) is 9.25. The molecule has 4 nitrogen and oxygen atoms in total. The summed E-state index contributed by atoms with van der Waals surface area (Å²) < 4.78 is 6.53. The van der Waals surface area contributed by atoms with E-state index in [1.54, 1.807) is 6.07 Å². The van der Waals surface area contributed by atoms with Crippen LogP contribution in [-0.2, 0) is 0 Å². The number of hydrogen-bond acceptors (Lipinski definition) is 2. The van der Waals surface area contributed by atoms with Crippen LogP contribution < -0.4 is 0 Å². The molecule has 0 saturated carbocycles. The number of aryl methyl sites for hydroxylation is 1.